The molecule has 1 aliphatic rings. The molecule has 1 unspecified atom stereocenters. The number of ether oxygens (including phenoxy) is 1. The van der Waals surface area contributed by atoms with Gasteiger partial charge < -0.3 is 14.2 Å². The Bertz CT molecular complexity index is 973. The number of carbonyl (C=O) groups excluding carboxylic acids is 1. The summed E-state index contributed by atoms with van der Waals surface area (Å²) < 4.78 is 11.2. The van der Waals surface area contributed by atoms with Gasteiger partial charge in [0.05, 0.1) is 6.61 Å². The highest BCUT2D eigenvalue weighted by Gasteiger charge is 2.24. The number of aryl methyl sites for hydroxylation is 2. The average Bonchev–Trinajstić information content (AvgIpc) is 3.26. The molecule has 0 saturated carbocycles. The van der Waals surface area contributed by atoms with Crippen LogP contribution >= 0.6 is 0 Å². The van der Waals surface area contributed by atoms with Crippen molar-refractivity contribution in [2.45, 2.75) is 32.6 Å². The summed E-state index contributed by atoms with van der Waals surface area (Å²) in [5.41, 5.74) is 1.84. The minimum atomic E-state index is 0.118. The highest BCUT2D eigenvalue weighted by atomic mass is 16.5. The van der Waals surface area contributed by atoms with Crippen molar-refractivity contribution in [1.29, 1.82) is 0 Å². The number of likely N-dealkylation sites (tertiary alicyclic amines) is 1. The lowest BCUT2D eigenvalue weighted by Crippen LogP contribution is -2.41. The fourth-order valence-corrected chi connectivity index (χ4v) is 3.66. The zero-order chi connectivity index (χ0) is 20.8. The third kappa shape index (κ3) is 5.23. The molecule has 1 amide bonds. The molecule has 3 heterocycles. The van der Waals surface area contributed by atoms with Crippen molar-refractivity contribution in [3.05, 3.63) is 60.1 Å². The van der Waals surface area contributed by atoms with Gasteiger partial charge in [0.15, 0.2) is 0 Å². The van der Waals surface area contributed by atoms with E-state index in [-0.39, 0.29) is 5.91 Å². The fraction of sp³-hybridized carbons (Fsp3) is 0.391. The molecular weight excluding hydrogens is 380 g/mol. The molecule has 1 aromatic carbocycles. The molecule has 7 nitrogen and oxygen atoms in total. The van der Waals surface area contributed by atoms with E-state index < -0.39 is 0 Å². The Hall–Kier alpha value is -3.22. The second-order valence-corrected chi connectivity index (χ2v) is 7.65. The molecule has 1 atom stereocenters. The molecule has 7 heteroatoms. The summed E-state index contributed by atoms with van der Waals surface area (Å²) in [7, 11) is 0. The van der Waals surface area contributed by atoms with Gasteiger partial charge in [0.2, 0.25) is 23.5 Å². The largest absolute Gasteiger partial charge is 0.477 e. The Kier molecular flexibility index (Phi) is 6.37. The first-order chi connectivity index (χ1) is 14.7. The molecule has 0 spiro atoms. The maximum atomic E-state index is 12.7. The van der Waals surface area contributed by atoms with E-state index in [0.717, 1.165) is 30.6 Å². The first-order valence-electron chi connectivity index (χ1n) is 10.4. The Morgan fingerprint density at radius 1 is 1.17 bits per heavy atom. The molecule has 2 aromatic heterocycles. The number of nitrogens with zero attached hydrogens (tertiary/aromatic N) is 4. The minimum Gasteiger partial charge on any atom is -0.477 e. The second-order valence-electron chi connectivity index (χ2n) is 7.65. The van der Waals surface area contributed by atoms with Crippen molar-refractivity contribution in [1.82, 2.24) is 20.0 Å². The van der Waals surface area contributed by atoms with Crippen LogP contribution in [0.25, 0.3) is 11.4 Å². The lowest BCUT2D eigenvalue weighted by molar-refractivity contribution is -0.133. The maximum absolute atomic E-state index is 12.7. The van der Waals surface area contributed by atoms with Gasteiger partial charge in [-0.1, -0.05) is 41.6 Å². The summed E-state index contributed by atoms with van der Waals surface area (Å²) in [6, 6.07) is 15.4. The second kappa shape index (κ2) is 9.52. The quantitative estimate of drug-likeness (QED) is 0.595. The number of amides is 1. The zero-order valence-electron chi connectivity index (χ0n) is 17.2. The molecule has 156 valence electrons. The van der Waals surface area contributed by atoms with Gasteiger partial charge >= 0.3 is 0 Å². The molecule has 0 aliphatic carbocycles. The van der Waals surface area contributed by atoms with E-state index in [1.54, 1.807) is 0 Å². The van der Waals surface area contributed by atoms with Gasteiger partial charge in [-0.15, -0.1) is 0 Å². The predicted molar refractivity (Wildman–Crippen MR) is 112 cm³/mol. The molecular formula is C23H26N4O3. The molecule has 4 rings (SSSR count). The van der Waals surface area contributed by atoms with Gasteiger partial charge in [-0.25, -0.2) is 4.98 Å². The molecule has 0 bridgehead atoms. The Balaban J connectivity index is 1.26. The molecule has 1 fully saturated rings. The van der Waals surface area contributed by atoms with Gasteiger partial charge in [-0.3, -0.25) is 4.79 Å². The lowest BCUT2D eigenvalue weighted by Gasteiger charge is -2.32. The highest BCUT2D eigenvalue weighted by molar-refractivity contribution is 5.76. The Morgan fingerprint density at radius 3 is 2.87 bits per heavy atom. The smallest absolute Gasteiger partial charge is 0.227 e. The van der Waals surface area contributed by atoms with E-state index >= 15 is 0 Å². The topological polar surface area (TPSA) is 81.4 Å². The van der Waals surface area contributed by atoms with Crippen LogP contribution in [0.3, 0.4) is 0 Å². The third-order valence-corrected chi connectivity index (χ3v) is 5.25. The van der Waals surface area contributed by atoms with Crippen LogP contribution in [0.15, 0.2) is 53.1 Å². The number of pyridine rings is 1. The van der Waals surface area contributed by atoms with Crippen molar-refractivity contribution in [3.63, 3.8) is 0 Å². The maximum Gasteiger partial charge on any atom is 0.227 e. The number of hydrogen-bond acceptors (Lipinski definition) is 6. The normalized spacial score (nSPS) is 16.4. The van der Waals surface area contributed by atoms with E-state index in [0.29, 0.717) is 49.5 Å². The highest BCUT2D eigenvalue weighted by Crippen LogP contribution is 2.20. The van der Waals surface area contributed by atoms with Gasteiger partial charge in [0.1, 0.15) is 0 Å². The summed E-state index contributed by atoms with van der Waals surface area (Å²) in [4.78, 5) is 23.4. The van der Waals surface area contributed by atoms with Gasteiger partial charge in [0.25, 0.3) is 0 Å². The van der Waals surface area contributed by atoms with Crippen molar-refractivity contribution in [3.8, 4) is 17.3 Å². The van der Waals surface area contributed by atoms with Gasteiger partial charge in [-0.2, -0.15) is 4.98 Å². The molecule has 1 aliphatic heterocycles. The van der Waals surface area contributed by atoms with Crippen LogP contribution in [-0.4, -0.2) is 45.6 Å². The number of aromatic nitrogens is 3. The Labute approximate surface area is 176 Å². The van der Waals surface area contributed by atoms with Crippen LogP contribution < -0.4 is 4.74 Å². The Morgan fingerprint density at radius 2 is 2.03 bits per heavy atom. The summed E-state index contributed by atoms with van der Waals surface area (Å²) in [6.45, 7) is 4.02. The first kappa shape index (κ1) is 20.1. The van der Waals surface area contributed by atoms with Crippen LogP contribution in [0, 0.1) is 12.8 Å². The average molecular weight is 406 g/mol. The van der Waals surface area contributed by atoms with Crippen LogP contribution in [-0.2, 0) is 11.2 Å². The molecule has 1 saturated heterocycles. The van der Waals surface area contributed by atoms with Crippen LogP contribution in [0.4, 0.5) is 0 Å². The van der Waals surface area contributed by atoms with E-state index in [1.165, 1.54) is 0 Å². The number of hydrogen-bond donors (Lipinski definition) is 0. The SMILES string of the molecule is Cc1cccc(OCC2CCCN(C(=O)CCc3nc(-c4ccccc4)no3)C2)n1. The number of piperidine rings is 1. The van der Waals surface area contributed by atoms with Crippen LogP contribution in [0.1, 0.15) is 30.8 Å². The van der Waals surface area contributed by atoms with Crippen molar-refractivity contribution in [2.75, 3.05) is 19.7 Å². The minimum absolute atomic E-state index is 0.118. The number of carbonyl (C=O) groups is 1. The van der Waals surface area contributed by atoms with Gasteiger partial charge in [0, 0.05) is 49.2 Å². The lowest BCUT2D eigenvalue weighted by atomic mass is 9.98. The predicted octanol–water partition coefficient (Wildman–Crippen LogP) is 3.69. The zero-order valence-corrected chi connectivity index (χ0v) is 17.2. The van der Waals surface area contributed by atoms with Crippen LogP contribution in [0.2, 0.25) is 0 Å². The molecule has 3 aromatic rings. The standard InChI is InChI=1S/C23H26N4O3/c1-17-7-5-11-20(24-17)29-16-18-8-6-14-27(15-18)22(28)13-12-21-25-23(26-30-21)19-9-3-2-4-10-19/h2-5,7,9-11,18H,6,8,12-16H2,1H3. The van der Waals surface area contributed by atoms with E-state index in [1.807, 2.05) is 60.4 Å². The molecule has 30 heavy (non-hydrogen) atoms. The van der Waals surface area contributed by atoms with Crippen LogP contribution in [0.5, 0.6) is 5.88 Å². The first-order valence-corrected chi connectivity index (χ1v) is 10.4. The molecule has 0 N–H and O–H groups in total. The van der Waals surface area contributed by atoms with Crippen molar-refractivity contribution >= 4 is 5.91 Å². The number of benzene rings is 1. The van der Waals surface area contributed by atoms with E-state index in [2.05, 4.69) is 15.1 Å². The van der Waals surface area contributed by atoms with Gasteiger partial charge in [-0.05, 0) is 25.8 Å². The summed E-state index contributed by atoms with van der Waals surface area (Å²) in [6.07, 6.45) is 2.85. The van der Waals surface area contributed by atoms with E-state index in [9.17, 15) is 4.79 Å². The summed E-state index contributed by atoms with van der Waals surface area (Å²) in [5, 5.41) is 4.01. The van der Waals surface area contributed by atoms with Crippen molar-refractivity contribution in [2.24, 2.45) is 5.92 Å². The monoisotopic (exact) mass is 406 g/mol. The molecule has 0 radical (unpaired) electrons. The van der Waals surface area contributed by atoms with E-state index in [4.69, 9.17) is 9.26 Å². The third-order valence-electron chi connectivity index (χ3n) is 5.25. The summed E-state index contributed by atoms with van der Waals surface area (Å²) >= 11 is 0. The number of rotatable bonds is 7. The fourth-order valence-electron chi connectivity index (χ4n) is 3.66. The van der Waals surface area contributed by atoms with Crippen molar-refractivity contribution < 1.29 is 14.1 Å². The summed E-state index contributed by atoms with van der Waals surface area (Å²) in [5.74, 6) is 2.12.